The van der Waals surface area contributed by atoms with Crippen LogP contribution in [0.1, 0.15) is 26.3 Å². The van der Waals surface area contributed by atoms with Crippen LogP contribution in [0.4, 0.5) is 13.2 Å². The third-order valence-electron chi connectivity index (χ3n) is 4.30. The average molecular weight is 415 g/mol. The fraction of sp³-hybridized carbons (Fsp3) is 0.136. The lowest BCUT2D eigenvalue weighted by molar-refractivity contribution is -0.141. The highest BCUT2D eigenvalue weighted by atomic mass is 19.4. The van der Waals surface area contributed by atoms with Crippen LogP contribution in [0, 0.1) is 0 Å². The zero-order valence-electron chi connectivity index (χ0n) is 15.5. The summed E-state index contributed by atoms with van der Waals surface area (Å²) in [7, 11) is 0. The summed E-state index contributed by atoms with van der Waals surface area (Å²) in [5.41, 5.74) is -0.538. The molecule has 0 aliphatic heterocycles. The van der Waals surface area contributed by atoms with Crippen LogP contribution in [-0.2, 0) is 15.7 Å². The number of nitrogens with one attached hydrogen (secondary N) is 1. The number of hydrogen-bond acceptors (Lipinski definition) is 4. The molecule has 0 saturated carbocycles. The molecule has 0 bridgehead atoms. The van der Waals surface area contributed by atoms with Gasteiger partial charge in [-0.25, -0.2) is 0 Å². The SMILES string of the molecule is O=C(CNC(=O)c1ccc(C(F)(F)F)cc1)OCC(=O)c1ccc2ccccc2c1. The van der Waals surface area contributed by atoms with E-state index in [1.807, 2.05) is 24.3 Å². The summed E-state index contributed by atoms with van der Waals surface area (Å²) in [6.45, 7) is -1.02. The van der Waals surface area contributed by atoms with Gasteiger partial charge in [-0.1, -0.05) is 36.4 Å². The highest BCUT2D eigenvalue weighted by molar-refractivity contribution is 6.01. The maximum Gasteiger partial charge on any atom is 0.416 e. The molecule has 0 heterocycles. The van der Waals surface area contributed by atoms with E-state index >= 15 is 0 Å². The molecule has 8 heteroatoms. The normalized spacial score (nSPS) is 11.2. The summed E-state index contributed by atoms with van der Waals surface area (Å²) in [5, 5.41) is 4.08. The number of alkyl halides is 3. The van der Waals surface area contributed by atoms with Crippen LogP contribution in [0.25, 0.3) is 10.8 Å². The average Bonchev–Trinajstić information content (AvgIpc) is 2.74. The van der Waals surface area contributed by atoms with E-state index < -0.39 is 42.6 Å². The smallest absolute Gasteiger partial charge is 0.416 e. The lowest BCUT2D eigenvalue weighted by Crippen LogP contribution is -2.31. The number of hydrogen-bond donors (Lipinski definition) is 1. The number of halogens is 3. The predicted octanol–water partition coefficient (Wildman–Crippen LogP) is 4.01. The first-order valence-electron chi connectivity index (χ1n) is 8.87. The Morgan fingerprint density at radius 2 is 1.47 bits per heavy atom. The monoisotopic (exact) mass is 415 g/mol. The summed E-state index contributed by atoms with van der Waals surface area (Å²) < 4.78 is 42.5. The van der Waals surface area contributed by atoms with Crippen LogP contribution in [0.3, 0.4) is 0 Å². The van der Waals surface area contributed by atoms with E-state index in [4.69, 9.17) is 4.74 Å². The quantitative estimate of drug-likeness (QED) is 0.488. The molecule has 30 heavy (non-hydrogen) atoms. The molecule has 0 radical (unpaired) electrons. The number of Topliss-reactive ketones (excluding diaryl/α,β-unsaturated/α-hetero) is 1. The summed E-state index contributed by atoms with van der Waals surface area (Å²) in [6, 6.07) is 16.2. The third kappa shape index (κ3) is 5.22. The predicted molar refractivity (Wildman–Crippen MR) is 103 cm³/mol. The molecule has 1 N–H and O–H groups in total. The van der Waals surface area contributed by atoms with Crippen LogP contribution in [0.5, 0.6) is 0 Å². The number of ketones is 1. The summed E-state index contributed by atoms with van der Waals surface area (Å²) in [4.78, 5) is 35.9. The summed E-state index contributed by atoms with van der Waals surface area (Å²) in [6.07, 6.45) is -4.50. The Morgan fingerprint density at radius 1 is 0.833 bits per heavy atom. The zero-order chi connectivity index (χ0) is 21.7. The van der Waals surface area contributed by atoms with E-state index in [-0.39, 0.29) is 5.56 Å². The van der Waals surface area contributed by atoms with E-state index in [2.05, 4.69) is 5.32 Å². The Labute approximate surface area is 169 Å². The van der Waals surface area contributed by atoms with Gasteiger partial charge in [0.25, 0.3) is 5.91 Å². The van der Waals surface area contributed by atoms with Crippen molar-refractivity contribution >= 4 is 28.4 Å². The molecular weight excluding hydrogens is 399 g/mol. The molecule has 1 amide bonds. The van der Waals surface area contributed by atoms with Gasteiger partial charge in [0, 0.05) is 11.1 Å². The Hall–Kier alpha value is -3.68. The molecule has 0 unspecified atom stereocenters. The van der Waals surface area contributed by atoms with E-state index in [1.54, 1.807) is 18.2 Å². The maximum atomic E-state index is 12.5. The number of rotatable bonds is 6. The van der Waals surface area contributed by atoms with E-state index in [0.29, 0.717) is 5.56 Å². The number of benzene rings is 3. The minimum Gasteiger partial charge on any atom is -0.456 e. The van der Waals surface area contributed by atoms with Gasteiger partial charge in [-0.15, -0.1) is 0 Å². The van der Waals surface area contributed by atoms with Crippen LogP contribution >= 0.6 is 0 Å². The van der Waals surface area contributed by atoms with Crippen molar-refractivity contribution in [2.24, 2.45) is 0 Å². The van der Waals surface area contributed by atoms with Gasteiger partial charge >= 0.3 is 12.1 Å². The number of amides is 1. The van der Waals surface area contributed by atoms with Gasteiger partial charge in [0.2, 0.25) is 0 Å². The number of ether oxygens (including phenoxy) is 1. The molecule has 0 aromatic heterocycles. The van der Waals surface area contributed by atoms with Crippen molar-refractivity contribution in [2.45, 2.75) is 6.18 Å². The van der Waals surface area contributed by atoms with Crippen LogP contribution in [-0.4, -0.2) is 30.8 Å². The van der Waals surface area contributed by atoms with E-state index in [1.165, 1.54) is 0 Å². The molecule has 5 nitrogen and oxygen atoms in total. The first kappa shape index (κ1) is 21.0. The molecule has 0 spiro atoms. The lowest BCUT2D eigenvalue weighted by atomic mass is 10.0. The van der Waals surface area contributed by atoms with Gasteiger partial charge < -0.3 is 10.1 Å². The fourth-order valence-electron chi connectivity index (χ4n) is 2.71. The van der Waals surface area contributed by atoms with Crippen LogP contribution in [0.2, 0.25) is 0 Å². The summed E-state index contributed by atoms with van der Waals surface area (Å²) in [5.74, 6) is -1.98. The number of esters is 1. The van der Waals surface area contributed by atoms with Gasteiger partial charge in [-0.05, 0) is 41.1 Å². The van der Waals surface area contributed by atoms with Crippen LogP contribution < -0.4 is 5.32 Å². The highest BCUT2D eigenvalue weighted by Gasteiger charge is 2.30. The van der Waals surface area contributed by atoms with Crippen LogP contribution in [0.15, 0.2) is 66.7 Å². The molecule has 0 fully saturated rings. The Morgan fingerprint density at radius 3 is 2.13 bits per heavy atom. The Kier molecular flexibility index (Phi) is 6.15. The number of carbonyl (C=O) groups excluding carboxylic acids is 3. The van der Waals surface area contributed by atoms with Crippen molar-refractivity contribution in [3.8, 4) is 0 Å². The number of carbonyl (C=O) groups is 3. The largest absolute Gasteiger partial charge is 0.456 e. The molecule has 0 saturated heterocycles. The van der Waals surface area contributed by atoms with E-state index in [0.717, 1.165) is 35.0 Å². The Balaban J connectivity index is 1.49. The molecular formula is C22H16F3NO4. The van der Waals surface area contributed by atoms with E-state index in [9.17, 15) is 27.6 Å². The zero-order valence-corrected chi connectivity index (χ0v) is 15.5. The number of fused-ring (bicyclic) bond motifs is 1. The maximum absolute atomic E-state index is 12.5. The second kappa shape index (κ2) is 8.77. The molecule has 3 aromatic rings. The Bertz CT molecular complexity index is 1090. The molecule has 3 aromatic carbocycles. The van der Waals surface area contributed by atoms with Gasteiger partial charge in [0.15, 0.2) is 12.4 Å². The van der Waals surface area contributed by atoms with Gasteiger partial charge in [0.1, 0.15) is 6.54 Å². The first-order valence-corrected chi connectivity index (χ1v) is 8.87. The van der Waals surface area contributed by atoms with Crippen molar-refractivity contribution in [2.75, 3.05) is 13.2 Å². The van der Waals surface area contributed by atoms with Gasteiger partial charge in [-0.3, -0.25) is 14.4 Å². The highest BCUT2D eigenvalue weighted by Crippen LogP contribution is 2.29. The molecule has 154 valence electrons. The molecule has 3 rings (SSSR count). The summed E-state index contributed by atoms with van der Waals surface area (Å²) >= 11 is 0. The van der Waals surface area contributed by atoms with Gasteiger partial charge in [0.05, 0.1) is 5.56 Å². The van der Waals surface area contributed by atoms with Crippen molar-refractivity contribution in [3.63, 3.8) is 0 Å². The second-order valence-electron chi connectivity index (χ2n) is 6.40. The van der Waals surface area contributed by atoms with Gasteiger partial charge in [-0.2, -0.15) is 13.2 Å². The first-order chi connectivity index (χ1) is 14.2. The van der Waals surface area contributed by atoms with Crippen molar-refractivity contribution < 1.29 is 32.3 Å². The minimum absolute atomic E-state index is 0.0389. The standard InChI is InChI=1S/C22H16F3NO4/c23-22(24,25)18-9-7-15(8-10-18)21(29)26-12-20(28)30-13-19(27)17-6-5-14-3-1-2-4-16(14)11-17/h1-11H,12-13H2,(H,26,29). The topological polar surface area (TPSA) is 72.5 Å². The third-order valence-corrected chi connectivity index (χ3v) is 4.30. The fourth-order valence-corrected chi connectivity index (χ4v) is 2.71. The lowest BCUT2D eigenvalue weighted by Gasteiger charge is -2.09. The molecule has 0 aliphatic rings. The minimum atomic E-state index is -4.50. The second-order valence-corrected chi connectivity index (χ2v) is 6.40. The van der Waals surface area contributed by atoms with Crippen molar-refractivity contribution in [1.82, 2.24) is 5.32 Å². The molecule has 0 atom stereocenters. The molecule has 0 aliphatic carbocycles. The van der Waals surface area contributed by atoms with Crippen molar-refractivity contribution in [3.05, 3.63) is 83.4 Å². The van der Waals surface area contributed by atoms with Crippen molar-refractivity contribution in [1.29, 1.82) is 0 Å².